The summed E-state index contributed by atoms with van der Waals surface area (Å²) in [5, 5.41) is 9.80. The van der Waals surface area contributed by atoms with Gasteiger partial charge in [-0.1, -0.05) is 30.3 Å². The first kappa shape index (κ1) is 12.3. The van der Waals surface area contributed by atoms with E-state index in [0.717, 1.165) is 11.5 Å². The Morgan fingerprint density at radius 1 is 1.26 bits per heavy atom. The van der Waals surface area contributed by atoms with Crippen molar-refractivity contribution in [3.05, 3.63) is 47.7 Å². The molecular weight excluding hydrogens is 242 g/mol. The van der Waals surface area contributed by atoms with Crippen molar-refractivity contribution in [1.82, 2.24) is 15.3 Å². The fraction of sp³-hybridized carbons (Fsp3) is 0.429. The van der Waals surface area contributed by atoms with Gasteiger partial charge in [0, 0.05) is 13.0 Å². The van der Waals surface area contributed by atoms with Gasteiger partial charge in [0.25, 0.3) is 0 Å². The van der Waals surface area contributed by atoms with Gasteiger partial charge < -0.3 is 4.42 Å². The zero-order chi connectivity index (χ0) is 13.1. The van der Waals surface area contributed by atoms with Crippen LogP contribution in [0.4, 0.5) is 0 Å². The molecule has 1 aliphatic carbocycles. The number of aromatic nitrogens is 2. The zero-order valence-corrected chi connectivity index (χ0v) is 11.0. The van der Waals surface area contributed by atoms with E-state index in [-0.39, 0.29) is 0 Å². The average Bonchev–Trinajstić information content (AvgIpc) is 3.19. The topological polar surface area (TPSA) is 51.4 Å². The maximum Gasteiger partial charge on any atom is 0.232 e. The summed E-state index contributed by atoms with van der Waals surface area (Å²) in [5.74, 6) is 1.88. The van der Waals surface area contributed by atoms with E-state index in [4.69, 9.17) is 9.25 Å². The van der Waals surface area contributed by atoms with Crippen molar-refractivity contribution in [2.45, 2.75) is 31.9 Å². The SMILES string of the molecule is CN(Cc1nnc(C2CC2)o1)OCc1ccccc1. The standard InChI is InChI=1S/C14H17N3O2/c1-17(18-10-11-5-3-2-4-6-11)9-13-15-16-14(19-13)12-7-8-12/h2-6,12H,7-10H2,1H3. The number of rotatable bonds is 6. The van der Waals surface area contributed by atoms with E-state index in [1.54, 1.807) is 5.06 Å². The second-order valence-electron chi connectivity index (χ2n) is 4.85. The Bertz CT molecular complexity index is 522. The minimum atomic E-state index is 0.497. The Hall–Kier alpha value is -1.72. The first-order valence-corrected chi connectivity index (χ1v) is 6.51. The summed E-state index contributed by atoms with van der Waals surface area (Å²) in [6.07, 6.45) is 2.34. The molecule has 0 atom stereocenters. The molecule has 1 heterocycles. The van der Waals surface area contributed by atoms with Crippen LogP contribution in [-0.2, 0) is 18.0 Å². The van der Waals surface area contributed by atoms with E-state index < -0.39 is 0 Å². The highest BCUT2D eigenvalue weighted by Gasteiger charge is 2.29. The lowest BCUT2D eigenvalue weighted by molar-refractivity contribution is -0.161. The van der Waals surface area contributed by atoms with E-state index in [9.17, 15) is 0 Å². The van der Waals surface area contributed by atoms with Crippen LogP contribution in [0.2, 0.25) is 0 Å². The summed E-state index contributed by atoms with van der Waals surface area (Å²) in [5.41, 5.74) is 1.14. The van der Waals surface area contributed by atoms with Gasteiger partial charge in [-0.05, 0) is 18.4 Å². The molecule has 3 rings (SSSR count). The summed E-state index contributed by atoms with van der Waals surface area (Å²) < 4.78 is 5.59. The monoisotopic (exact) mass is 259 g/mol. The molecular formula is C14H17N3O2. The second-order valence-corrected chi connectivity index (χ2v) is 4.85. The molecule has 0 aliphatic heterocycles. The van der Waals surface area contributed by atoms with E-state index in [1.807, 2.05) is 37.4 Å². The number of nitrogens with zero attached hydrogens (tertiary/aromatic N) is 3. The van der Waals surface area contributed by atoms with Gasteiger partial charge in [-0.2, -0.15) is 5.06 Å². The third kappa shape index (κ3) is 3.39. The van der Waals surface area contributed by atoms with Crippen LogP contribution in [0.1, 0.15) is 36.1 Å². The Morgan fingerprint density at radius 3 is 2.79 bits per heavy atom. The normalized spacial score (nSPS) is 15.1. The fourth-order valence-corrected chi connectivity index (χ4v) is 1.82. The highest BCUT2D eigenvalue weighted by Crippen LogP contribution is 2.39. The van der Waals surface area contributed by atoms with Crippen molar-refractivity contribution in [2.24, 2.45) is 0 Å². The van der Waals surface area contributed by atoms with Crippen molar-refractivity contribution in [2.75, 3.05) is 7.05 Å². The van der Waals surface area contributed by atoms with Crippen molar-refractivity contribution in [3.63, 3.8) is 0 Å². The predicted molar refractivity (Wildman–Crippen MR) is 69.0 cm³/mol. The molecule has 0 radical (unpaired) electrons. The Morgan fingerprint density at radius 2 is 2.05 bits per heavy atom. The van der Waals surface area contributed by atoms with Crippen LogP contribution in [0.25, 0.3) is 0 Å². The summed E-state index contributed by atoms with van der Waals surface area (Å²) >= 11 is 0. The molecule has 5 nitrogen and oxygen atoms in total. The molecule has 0 saturated heterocycles. The zero-order valence-electron chi connectivity index (χ0n) is 11.0. The van der Waals surface area contributed by atoms with E-state index >= 15 is 0 Å². The molecule has 5 heteroatoms. The Kier molecular flexibility index (Phi) is 3.57. The van der Waals surface area contributed by atoms with Crippen LogP contribution in [0.5, 0.6) is 0 Å². The predicted octanol–water partition coefficient (Wildman–Crippen LogP) is 2.51. The van der Waals surface area contributed by atoms with E-state index in [2.05, 4.69) is 10.2 Å². The molecule has 0 bridgehead atoms. The lowest BCUT2D eigenvalue weighted by atomic mass is 10.2. The van der Waals surface area contributed by atoms with Crippen LogP contribution in [0, 0.1) is 0 Å². The maximum atomic E-state index is 5.62. The van der Waals surface area contributed by atoms with Gasteiger partial charge in [0.05, 0.1) is 6.61 Å². The molecule has 1 aromatic carbocycles. The van der Waals surface area contributed by atoms with Gasteiger partial charge in [-0.25, -0.2) is 0 Å². The minimum absolute atomic E-state index is 0.497. The van der Waals surface area contributed by atoms with Crippen molar-refractivity contribution in [1.29, 1.82) is 0 Å². The van der Waals surface area contributed by atoms with Crippen LogP contribution >= 0.6 is 0 Å². The van der Waals surface area contributed by atoms with Gasteiger partial charge in [-0.3, -0.25) is 4.84 Å². The van der Waals surface area contributed by atoms with Crippen LogP contribution in [0.3, 0.4) is 0 Å². The first-order chi connectivity index (χ1) is 9.31. The minimum Gasteiger partial charge on any atom is -0.423 e. The molecule has 1 saturated carbocycles. The largest absolute Gasteiger partial charge is 0.423 e. The van der Waals surface area contributed by atoms with Crippen molar-refractivity contribution in [3.8, 4) is 0 Å². The van der Waals surface area contributed by atoms with E-state index in [0.29, 0.717) is 25.0 Å². The molecule has 1 aromatic heterocycles. The summed E-state index contributed by atoms with van der Waals surface area (Å²) in [7, 11) is 1.87. The fourth-order valence-electron chi connectivity index (χ4n) is 1.82. The molecule has 1 fully saturated rings. The second kappa shape index (κ2) is 5.50. The quantitative estimate of drug-likeness (QED) is 0.746. The van der Waals surface area contributed by atoms with Gasteiger partial charge in [0.2, 0.25) is 11.8 Å². The summed E-state index contributed by atoms with van der Waals surface area (Å²) in [4.78, 5) is 5.62. The molecule has 0 amide bonds. The maximum absolute atomic E-state index is 5.62. The molecule has 0 unspecified atom stereocenters. The van der Waals surface area contributed by atoms with Gasteiger partial charge in [0.1, 0.15) is 6.54 Å². The van der Waals surface area contributed by atoms with Gasteiger partial charge >= 0.3 is 0 Å². The number of hydrogen-bond donors (Lipinski definition) is 0. The summed E-state index contributed by atoms with van der Waals surface area (Å²) in [6.45, 7) is 1.05. The third-order valence-corrected chi connectivity index (χ3v) is 3.06. The number of hydrogen-bond acceptors (Lipinski definition) is 5. The average molecular weight is 259 g/mol. The molecule has 0 spiro atoms. The molecule has 1 aliphatic rings. The Labute approximate surface area is 112 Å². The van der Waals surface area contributed by atoms with Gasteiger partial charge in [-0.15, -0.1) is 10.2 Å². The van der Waals surface area contributed by atoms with Crippen molar-refractivity contribution >= 4 is 0 Å². The number of benzene rings is 1. The third-order valence-electron chi connectivity index (χ3n) is 3.06. The lowest BCUT2D eigenvalue weighted by Crippen LogP contribution is -2.18. The van der Waals surface area contributed by atoms with Gasteiger partial charge in [0.15, 0.2) is 0 Å². The summed E-state index contributed by atoms with van der Waals surface area (Å²) in [6, 6.07) is 10.1. The van der Waals surface area contributed by atoms with E-state index in [1.165, 1.54) is 12.8 Å². The lowest BCUT2D eigenvalue weighted by Gasteiger charge is -2.14. The molecule has 100 valence electrons. The first-order valence-electron chi connectivity index (χ1n) is 6.51. The Balaban J connectivity index is 1.48. The van der Waals surface area contributed by atoms with Crippen LogP contribution in [0.15, 0.2) is 34.7 Å². The van der Waals surface area contributed by atoms with Crippen LogP contribution in [-0.4, -0.2) is 22.3 Å². The highest BCUT2D eigenvalue weighted by atomic mass is 16.7. The highest BCUT2D eigenvalue weighted by molar-refractivity contribution is 5.13. The number of hydroxylamine groups is 2. The molecule has 19 heavy (non-hydrogen) atoms. The van der Waals surface area contributed by atoms with Crippen LogP contribution < -0.4 is 0 Å². The molecule has 2 aromatic rings. The smallest absolute Gasteiger partial charge is 0.232 e. The van der Waals surface area contributed by atoms with Crippen molar-refractivity contribution < 1.29 is 9.25 Å². The molecule has 0 N–H and O–H groups in total.